The summed E-state index contributed by atoms with van der Waals surface area (Å²) in [5, 5.41) is 5.40. The van der Waals surface area contributed by atoms with Gasteiger partial charge < -0.3 is 15.1 Å². The van der Waals surface area contributed by atoms with Gasteiger partial charge in [-0.05, 0) is 62.6 Å². The summed E-state index contributed by atoms with van der Waals surface area (Å²) in [6.45, 7) is 7.13. The molecule has 10 heteroatoms. The van der Waals surface area contributed by atoms with Gasteiger partial charge in [0.1, 0.15) is 0 Å². The normalized spacial score (nSPS) is 19.8. The molecule has 1 unspecified atom stereocenters. The van der Waals surface area contributed by atoms with Crippen molar-refractivity contribution in [3.05, 3.63) is 57.8 Å². The summed E-state index contributed by atoms with van der Waals surface area (Å²) < 4.78 is 39.7. The van der Waals surface area contributed by atoms with Crippen LogP contribution in [0.15, 0.2) is 51.6 Å². The van der Waals surface area contributed by atoms with Gasteiger partial charge in [-0.25, -0.2) is 4.99 Å². The van der Waals surface area contributed by atoms with Crippen LogP contribution in [-0.4, -0.2) is 46.4 Å². The number of aliphatic imine (C=N–C) groups is 1. The molecule has 1 fully saturated rings. The number of carbonyl (C=O) groups excluding carboxylic acids is 2. The van der Waals surface area contributed by atoms with Crippen LogP contribution < -0.4 is 5.32 Å². The van der Waals surface area contributed by atoms with Crippen LogP contribution in [0.5, 0.6) is 0 Å². The van der Waals surface area contributed by atoms with Crippen molar-refractivity contribution in [2.75, 3.05) is 19.6 Å². The van der Waals surface area contributed by atoms with E-state index in [-0.39, 0.29) is 18.2 Å². The van der Waals surface area contributed by atoms with Crippen molar-refractivity contribution < 1.29 is 22.8 Å². The number of allylic oxidation sites excluding steroid dienone is 1. The van der Waals surface area contributed by atoms with Crippen LogP contribution in [-0.2, 0) is 15.8 Å². The predicted octanol–water partition coefficient (Wildman–Crippen LogP) is 5.07. The van der Waals surface area contributed by atoms with Crippen molar-refractivity contribution in [1.82, 2.24) is 15.1 Å². The Labute approximate surface area is 207 Å². The third-order valence-electron chi connectivity index (χ3n) is 6.46. The minimum atomic E-state index is -4.46. The van der Waals surface area contributed by atoms with Gasteiger partial charge in [0.05, 0.1) is 29.3 Å². The molecule has 188 valence electrons. The number of nitrogens with zero attached hydrogens (tertiary/aromatic N) is 3. The molecule has 1 aromatic carbocycles. The van der Waals surface area contributed by atoms with Gasteiger partial charge in [-0.15, -0.1) is 0 Å². The summed E-state index contributed by atoms with van der Waals surface area (Å²) in [4.78, 5) is 34.4. The van der Waals surface area contributed by atoms with Gasteiger partial charge in [-0.1, -0.05) is 23.9 Å². The number of thioether (sulfide) groups is 1. The van der Waals surface area contributed by atoms with E-state index in [2.05, 4.69) is 10.3 Å². The molecule has 1 saturated carbocycles. The number of nitrogens with one attached hydrogen (secondary N) is 1. The molecule has 1 atom stereocenters. The highest BCUT2D eigenvalue weighted by Gasteiger charge is 2.42. The number of rotatable bonds is 8. The maximum atomic E-state index is 13.6. The molecule has 3 aliphatic rings. The third kappa shape index (κ3) is 5.42. The Kier molecular flexibility index (Phi) is 7.30. The van der Waals surface area contributed by atoms with Gasteiger partial charge in [-0.3, -0.25) is 9.59 Å². The summed E-state index contributed by atoms with van der Waals surface area (Å²) >= 11 is 1.35. The molecule has 4 rings (SSSR count). The molecule has 35 heavy (non-hydrogen) atoms. The van der Waals surface area contributed by atoms with E-state index < -0.39 is 17.8 Å². The van der Waals surface area contributed by atoms with Gasteiger partial charge in [0.15, 0.2) is 5.17 Å². The number of hydrogen-bond donors (Lipinski definition) is 1. The summed E-state index contributed by atoms with van der Waals surface area (Å²) in [6, 6.07) is 4.20. The fourth-order valence-corrected chi connectivity index (χ4v) is 5.27. The van der Waals surface area contributed by atoms with Gasteiger partial charge in [0.25, 0.3) is 5.91 Å². The lowest BCUT2D eigenvalue weighted by Gasteiger charge is -2.38. The Morgan fingerprint density at radius 2 is 1.83 bits per heavy atom. The Morgan fingerprint density at radius 1 is 1.17 bits per heavy atom. The number of amidine groups is 1. The molecule has 6 nitrogen and oxygen atoms in total. The van der Waals surface area contributed by atoms with Crippen LogP contribution in [0.4, 0.5) is 13.2 Å². The quantitative estimate of drug-likeness (QED) is 0.535. The van der Waals surface area contributed by atoms with Crippen LogP contribution in [0.1, 0.15) is 57.2 Å². The molecule has 0 aromatic heterocycles. The molecule has 2 amide bonds. The van der Waals surface area contributed by atoms with Gasteiger partial charge >= 0.3 is 6.18 Å². The highest BCUT2D eigenvalue weighted by molar-refractivity contribution is 8.16. The van der Waals surface area contributed by atoms with E-state index in [1.54, 1.807) is 11.8 Å². The largest absolute Gasteiger partial charge is 0.416 e. The first-order valence-electron chi connectivity index (χ1n) is 11.8. The molecular weight excluding hydrogens is 477 g/mol. The van der Waals surface area contributed by atoms with Crippen LogP contribution in [0.2, 0.25) is 0 Å². The van der Waals surface area contributed by atoms with Crippen LogP contribution in [0.25, 0.3) is 0 Å². The third-order valence-corrected chi connectivity index (χ3v) is 7.35. The number of alkyl halides is 3. The zero-order valence-corrected chi connectivity index (χ0v) is 20.8. The average molecular weight is 507 g/mol. The summed E-state index contributed by atoms with van der Waals surface area (Å²) in [7, 11) is 0. The number of benzene rings is 1. The Hall–Kier alpha value is -2.75. The molecule has 2 aliphatic heterocycles. The fourth-order valence-electron chi connectivity index (χ4n) is 4.30. The van der Waals surface area contributed by atoms with Crippen LogP contribution in [0.3, 0.4) is 0 Å². The lowest BCUT2D eigenvalue weighted by molar-refractivity contribution is -0.137. The second-order valence-electron chi connectivity index (χ2n) is 8.91. The summed E-state index contributed by atoms with van der Waals surface area (Å²) in [5.41, 5.74) is 1.38. The number of amides is 2. The second-order valence-corrected chi connectivity index (χ2v) is 9.75. The predicted molar refractivity (Wildman–Crippen MR) is 130 cm³/mol. The molecule has 1 aliphatic carbocycles. The van der Waals surface area contributed by atoms with Crippen molar-refractivity contribution in [1.29, 1.82) is 0 Å². The van der Waals surface area contributed by atoms with E-state index in [1.807, 2.05) is 24.2 Å². The monoisotopic (exact) mass is 506 g/mol. The lowest BCUT2D eigenvalue weighted by atomic mass is 9.92. The number of likely N-dealkylation sites (N-methyl/N-ethyl adjacent to an activating group) is 1. The van der Waals surface area contributed by atoms with E-state index >= 15 is 0 Å². The standard InChI is InChI=1S/C25H29F3N4O2S/c1-4-31(5-2)23(34)21-15(3)30-24-32(19(14-35-24)12-20(33)29-13-16-6-7-16)22(21)17-8-10-18(11-9-17)25(26,27)28/h8-11,14,16,22H,4-7,12-13H2,1-3H3,(H,29,33). The number of carbonyl (C=O) groups is 2. The maximum absolute atomic E-state index is 13.6. The van der Waals surface area contributed by atoms with Crippen molar-refractivity contribution in [2.24, 2.45) is 10.9 Å². The molecule has 2 heterocycles. The topological polar surface area (TPSA) is 65.0 Å². The van der Waals surface area contributed by atoms with Crippen molar-refractivity contribution in [3.8, 4) is 0 Å². The first kappa shape index (κ1) is 25.3. The fraction of sp³-hybridized carbons (Fsp3) is 0.480. The average Bonchev–Trinajstić information content (AvgIpc) is 3.57. The maximum Gasteiger partial charge on any atom is 0.416 e. The Balaban J connectivity index is 1.71. The van der Waals surface area contributed by atoms with E-state index in [4.69, 9.17) is 0 Å². The number of fused-ring (bicyclic) bond motifs is 1. The van der Waals surface area contributed by atoms with Gasteiger partial charge in [-0.2, -0.15) is 13.2 Å². The summed E-state index contributed by atoms with van der Waals surface area (Å²) in [6.07, 6.45) is -2.11. The van der Waals surface area contributed by atoms with Crippen molar-refractivity contribution >= 4 is 28.7 Å². The molecule has 0 bridgehead atoms. The molecule has 0 saturated heterocycles. The smallest absolute Gasteiger partial charge is 0.355 e. The second kappa shape index (κ2) is 10.1. The molecule has 1 aromatic rings. The highest BCUT2D eigenvalue weighted by atomic mass is 32.2. The minimum Gasteiger partial charge on any atom is -0.355 e. The number of hydrogen-bond acceptors (Lipinski definition) is 5. The first-order chi connectivity index (χ1) is 16.6. The Bertz CT molecular complexity index is 1090. The van der Waals surface area contributed by atoms with Crippen molar-refractivity contribution in [3.63, 3.8) is 0 Å². The van der Waals surface area contributed by atoms with E-state index in [1.165, 1.54) is 23.9 Å². The number of halogens is 3. The zero-order valence-electron chi connectivity index (χ0n) is 20.0. The highest BCUT2D eigenvalue weighted by Crippen LogP contribution is 2.45. The molecule has 1 N–H and O–H groups in total. The SMILES string of the molecule is CCN(CC)C(=O)C1=C(C)N=C2SC=C(CC(=O)NCC3CC3)N2C1c1ccc(C(F)(F)F)cc1. The Morgan fingerprint density at radius 3 is 2.40 bits per heavy atom. The van der Waals surface area contributed by atoms with Crippen LogP contribution in [0, 0.1) is 5.92 Å². The first-order valence-corrected chi connectivity index (χ1v) is 12.7. The van der Waals surface area contributed by atoms with Crippen LogP contribution >= 0.6 is 11.8 Å². The van der Waals surface area contributed by atoms with E-state index in [0.29, 0.717) is 53.3 Å². The summed E-state index contributed by atoms with van der Waals surface area (Å²) in [5.74, 6) is 0.204. The lowest BCUT2D eigenvalue weighted by Crippen LogP contribution is -2.42. The van der Waals surface area contributed by atoms with Gasteiger partial charge in [0, 0.05) is 25.3 Å². The molecular formula is C25H29F3N4O2S. The van der Waals surface area contributed by atoms with E-state index in [0.717, 1.165) is 25.0 Å². The molecule has 0 spiro atoms. The zero-order chi connectivity index (χ0) is 25.3. The molecule has 0 radical (unpaired) electrons. The van der Waals surface area contributed by atoms with Gasteiger partial charge in [0.2, 0.25) is 5.91 Å². The minimum absolute atomic E-state index is 0.0989. The van der Waals surface area contributed by atoms with Crippen molar-refractivity contribution in [2.45, 2.75) is 52.3 Å². The van der Waals surface area contributed by atoms with E-state index in [9.17, 15) is 22.8 Å².